The highest BCUT2D eigenvalue weighted by atomic mass is 16.5. The van der Waals surface area contributed by atoms with Crippen LogP contribution in [0.5, 0.6) is 5.75 Å². The van der Waals surface area contributed by atoms with Gasteiger partial charge in [-0.25, -0.2) is 19.6 Å². The number of carbonyl (C=O) groups is 1. The normalized spacial score (nSPS) is 10.4. The van der Waals surface area contributed by atoms with Crippen LogP contribution >= 0.6 is 0 Å². The number of aromatic nitrogens is 5. The minimum atomic E-state index is -0.306. The van der Waals surface area contributed by atoms with E-state index in [0.717, 1.165) is 11.1 Å². The molecule has 0 unspecified atom stereocenters. The molecule has 0 atom stereocenters. The number of nitrogens with one attached hydrogen (secondary N) is 1. The summed E-state index contributed by atoms with van der Waals surface area (Å²) in [6, 6.07) is 7.45. The van der Waals surface area contributed by atoms with Crippen molar-refractivity contribution in [3.63, 3.8) is 0 Å². The number of hydrogen-bond acceptors (Lipinski definition) is 6. The number of nitrogens with zero attached hydrogens (tertiary/aromatic N) is 5. The van der Waals surface area contributed by atoms with E-state index in [1.807, 2.05) is 32.0 Å². The van der Waals surface area contributed by atoms with Crippen molar-refractivity contribution in [1.82, 2.24) is 24.7 Å². The number of hydrogen-bond donors (Lipinski definition) is 1. The molecular weight excluding hydrogens is 308 g/mol. The van der Waals surface area contributed by atoms with Gasteiger partial charge in [-0.1, -0.05) is 12.1 Å². The fraction of sp³-hybridized carbons (Fsp3) is 0.188. The summed E-state index contributed by atoms with van der Waals surface area (Å²) in [5, 5.41) is 6.65. The molecule has 0 saturated heterocycles. The molecule has 3 aromatic rings. The van der Waals surface area contributed by atoms with E-state index in [9.17, 15) is 4.79 Å². The standard InChI is InChI=1S/C16H16N6O2/c1-11-3-4-12(2)13(5-11)24-7-16(23)21-14-6-15(19-9-18-14)22-10-17-8-20-22/h3-6,8-10H,7H2,1-2H3,(H,18,19,21,23). The summed E-state index contributed by atoms with van der Waals surface area (Å²) in [4.78, 5) is 24.0. The van der Waals surface area contributed by atoms with Gasteiger partial charge in [0.25, 0.3) is 5.91 Å². The van der Waals surface area contributed by atoms with Crippen molar-refractivity contribution in [2.24, 2.45) is 0 Å². The zero-order valence-electron chi connectivity index (χ0n) is 13.3. The lowest BCUT2D eigenvalue weighted by molar-refractivity contribution is -0.118. The number of carbonyl (C=O) groups excluding carboxylic acids is 1. The second-order valence-corrected chi connectivity index (χ2v) is 5.21. The third kappa shape index (κ3) is 3.72. The summed E-state index contributed by atoms with van der Waals surface area (Å²) < 4.78 is 7.05. The van der Waals surface area contributed by atoms with Crippen molar-refractivity contribution >= 4 is 11.7 Å². The lowest BCUT2D eigenvalue weighted by Crippen LogP contribution is -2.21. The largest absolute Gasteiger partial charge is 0.483 e. The molecule has 0 radical (unpaired) electrons. The van der Waals surface area contributed by atoms with E-state index in [2.05, 4.69) is 25.4 Å². The summed E-state index contributed by atoms with van der Waals surface area (Å²) in [7, 11) is 0. The van der Waals surface area contributed by atoms with Gasteiger partial charge in [0.1, 0.15) is 30.5 Å². The molecule has 0 bridgehead atoms. The molecule has 0 spiro atoms. The molecule has 1 N–H and O–H groups in total. The van der Waals surface area contributed by atoms with Gasteiger partial charge in [-0.2, -0.15) is 5.10 Å². The van der Waals surface area contributed by atoms with E-state index >= 15 is 0 Å². The first-order valence-electron chi connectivity index (χ1n) is 7.29. The van der Waals surface area contributed by atoms with E-state index < -0.39 is 0 Å². The van der Waals surface area contributed by atoms with E-state index in [-0.39, 0.29) is 12.5 Å². The molecule has 2 heterocycles. The van der Waals surface area contributed by atoms with Crippen molar-refractivity contribution in [2.45, 2.75) is 13.8 Å². The van der Waals surface area contributed by atoms with E-state index in [1.165, 1.54) is 23.7 Å². The third-order valence-electron chi connectivity index (χ3n) is 3.28. The first kappa shape index (κ1) is 15.6. The monoisotopic (exact) mass is 324 g/mol. The first-order valence-corrected chi connectivity index (χ1v) is 7.29. The molecule has 8 nitrogen and oxygen atoms in total. The van der Waals surface area contributed by atoms with Gasteiger partial charge in [0, 0.05) is 6.07 Å². The van der Waals surface area contributed by atoms with Crippen LogP contribution in [0.1, 0.15) is 11.1 Å². The van der Waals surface area contributed by atoms with Crippen molar-refractivity contribution in [3.8, 4) is 11.6 Å². The summed E-state index contributed by atoms with van der Waals surface area (Å²) in [5.41, 5.74) is 2.05. The molecular formula is C16H16N6O2. The number of rotatable bonds is 5. The van der Waals surface area contributed by atoms with Gasteiger partial charge < -0.3 is 10.1 Å². The van der Waals surface area contributed by atoms with Crippen LogP contribution in [0.4, 0.5) is 5.82 Å². The zero-order valence-corrected chi connectivity index (χ0v) is 13.3. The first-order chi connectivity index (χ1) is 11.6. The fourth-order valence-corrected chi connectivity index (χ4v) is 2.05. The zero-order chi connectivity index (χ0) is 16.9. The van der Waals surface area contributed by atoms with Gasteiger partial charge in [0.05, 0.1) is 0 Å². The minimum absolute atomic E-state index is 0.104. The smallest absolute Gasteiger partial charge is 0.263 e. The molecule has 24 heavy (non-hydrogen) atoms. The predicted molar refractivity (Wildman–Crippen MR) is 87.0 cm³/mol. The number of aryl methyl sites for hydroxylation is 2. The Labute approximate surface area is 138 Å². The van der Waals surface area contributed by atoms with Crippen molar-refractivity contribution in [2.75, 3.05) is 11.9 Å². The summed E-state index contributed by atoms with van der Waals surface area (Å²) in [6.07, 6.45) is 4.26. The minimum Gasteiger partial charge on any atom is -0.483 e. The van der Waals surface area contributed by atoms with Gasteiger partial charge in [-0.05, 0) is 31.0 Å². The highest BCUT2D eigenvalue weighted by Crippen LogP contribution is 2.19. The average molecular weight is 324 g/mol. The molecule has 8 heteroatoms. The predicted octanol–water partition coefficient (Wildman–Crippen LogP) is 1.69. The summed E-state index contributed by atoms with van der Waals surface area (Å²) in [6.45, 7) is 3.80. The van der Waals surface area contributed by atoms with Crippen molar-refractivity contribution in [1.29, 1.82) is 0 Å². The molecule has 1 amide bonds. The second-order valence-electron chi connectivity index (χ2n) is 5.21. The van der Waals surface area contributed by atoms with Gasteiger partial charge in [0.2, 0.25) is 0 Å². The maximum Gasteiger partial charge on any atom is 0.263 e. The third-order valence-corrected chi connectivity index (χ3v) is 3.28. The Kier molecular flexibility index (Phi) is 4.46. The lowest BCUT2D eigenvalue weighted by atomic mass is 10.1. The molecule has 122 valence electrons. The van der Waals surface area contributed by atoms with Crippen molar-refractivity contribution in [3.05, 3.63) is 54.4 Å². The van der Waals surface area contributed by atoms with Crippen LogP contribution in [-0.2, 0) is 4.79 Å². The lowest BCUT2D eigenvalue weighted by Gasteiger charge is -2.10. The second kappa shape index (κ2) is 6.86. The molecule has 0 aliphatic carbocycles. The Morgan fingerprint density at radius 2 is 2.08 bits per heavy atom. The maximum absolute atomic E-state index is 12.0. The molecule has 2 aromatic heterocycles. The molecule has 3 rings (SSSR count). The van der Waals surface area contributed by atoms with Crippen molar-refractivity contribution < 1.29 is 9.53 Å². The van der Waals surface area contributed by atoms with Gasteiger partial charge in [-0.15, -0.1) is 0 Å². The molecule has 1 aromatic carbocycles. The van der Waals surface area contributed by atoms with E-state index in [1.54, 1.807) is 6.07 Å². The quantitative estimate of drug-likeness (QED) is 0.767. The summed E-state index contributed by atoms with van der Waals surface area (Å²) in [5.74, 6) is 1.26. The van der Waals surface area contributed by atoms with Crippen LogP contribution in [0.15, 0.2) is 43.2 Å². The summed E-state index contributed by atoms with van der Waals surface area (Å²) >= 11 is 0. The van der Waals surface area contributed by atoms with E-state index in [0.29, 0.717) is 17.4 Å². The van der Waals surface area contributed by atoms with Crippen LogP contribution in [-0.4, -0.2) is 37.2 Å². The Balaban J connectivity index is 1.63. The molecule has 0 aliphatic rings. The molecule has 0 fully saturated rings. The Bertz CT molecular complexity index is 848. The van der Waals surface area contributed by atoms with Crippen LogP contribution < -0.4 is 10.1 Å². The highest BCUT2D eigenvalue weighted by Gasteiger charge is 2.08. The average Bonchev–Trinajstić information content (AvgIpc) is 3.10. The van der Waals surface area contributed by atoms with Crippen LogP contribution in [0.2, 0.25) is 0 Å². The topological polar surface area (TPSA) is 94.8 Å². The van der Waals surface area contributed by atoms with Crippen LogP contribution in [0.3, 0.4) is 0 Å². The van der Waals surface area contributed by atoms with Gasteiger partial charge in [-0.3, -0.25) is 4.79 Å². The SMILES string of the molecule is Cc1ccc(C)c(OCC(=O)Nc2cc(-n3cncn3)ncn2)c1. The van der Waals surface area contributed by atoms with Gasteiger partial charge in [0.15, 0.2) is 12.4 Å². The van der Waals surface area contributed by atoms with Gasteiger partial charge >= 0.3 is 0 Å². The number of ether oxygens (including phenoxy) is 1. The van der Waals surface area contributed by atoms with Crippen LogP contribution in [0, 0.1) is 13.8 Å². The number of anilines is 1. The van der Waals surface area contributed by atoms with E-state index in [4.69, 9.17) is 4.74 Å². The highest BCUT2D eigenvalue weighted by molar-refractivity contribution is 5.91. The number of amides is 1. The van der Waals surface area contributed by atoms with Crippen LogP contribution in [0.25, 0.3) is 5.82 Å². The fourth-order valence-electron chi connectivity index (χ4n) is 2.05. The Morgan fingerprint density at radius 3 is 2.88 bits per heavy atom. The number of benzene rings is 1. The Morgan fingerprint density at radius 1 is 1.21 bits per heavy atom. The molecule has 0 saturated carbocycles. The molecule has 0 aliphatic heterocycles. The Hall–Kier alpha value is -3.29. The maximum atomic E-state index is 12.0.